The lowest BCUT2D eigenvalue weighted by molar-refractivity contribution is 0.180. The molecule has 0 aliphatic carbocycles. The van der Waals surface area contributed by atoms with Gasteiger partial charge in [0, 0.05) is 12.0 Å². The van der Waals surface area contributed by atoms with Gasteiger partial charge in [0.15, 0.2) is 5.82 Å². The molecule has 4 heteroatoms. The Balaban J connectivity index is 2.21. The van der Waals surface area contributed by atoms with Gasteiger partial charge in [-0.2, -0.15) is 4.73 Å². The van der Waals surface area contributed by atoms with Crippen molar-refractivity contribution >= 4 is 0 Å². The highest BCUT2D eigenvalue weighted by atomic mass is 16.5. The number of aromatic nitrogens is 3. The third-order valence-electron chi connectivity index (χ3n) is 4.11. The molecule has 2 heterocycles. The largest absolute Gasteiger partial charge is 0.427 e. The van der Waals surface area contributed by atoms with Gasteiger partial charge in [-0.25, -0.2) is 9.97 Å². The second kappa shape index (κ2) is 5.79. The minimum absolute atomic E-state index is 0.556. The Morgan fingerprint density at radius 2 is 1.82 bits per heavy atom. The first-order chi connectivity index (χ1) is 10.6. The van der Waals surface area contributed by atoms with E-state index in [1.807, 2.05) is 25.1 Å². The van der Waals surface area contributed by atoms with Gasteiger partial charge in [0.1, 0.15) is 11.5 Å². The van der Waals surface area contributed by atoms with Gasteiger partial charge in [-0.1, -0.05) is 43.7 Å². The average Bonchev–Trinajstić information content (AvgIpc) is 2.97. The topological polar surface area (TPSA) is 50.9 Å². The van der Waals surface area contributed by atoms with Crippen LogP contribution in [0.15, 0.2) is 30.3 Å². The zero-order valence-electron chi connectivity index (χ0n) is 13.3. The van der Waals surface area contributed by atoms with Crippen LogP contribution in [0.2, 0.25) is 0 Å². The maximum atomic E-state index is 10.5. The van der Waals surface area contributed by atoms with Crippen LogP contribution in [0.4, 0.5) is 0 Å². The summed E-state index contributed by atoms with van der Waals surface area (Å²) in [6, 6.07) is 10.1. The van der Waals surface area contributed by atoms with Gasteiger partial charge in [0.2, 0.25) is 0 Å². The van der Waals surface area contributed by atoms with Crippen molar-refractivity contribution in [3.63, 3.8) is 0 Å². The smallest absolute Gasteiger partial charge is 0.196 e. The molecule has 2 aliphatic heterocycles. The third-order valence-corrected chi connectivity index (χ3v) is 4.11. The van der Waals surface area contributed by atoms with Crippen molar-refractivity contribution in [1.29, 1.82) is 0 Å². The van der Waals surface area contributed by atoms with Crippen LogP contribution in [0.25, 0.3) is 22.6 Å². The minimum Gasteiger partial charge on any atom is -0.427 e. The molecule has 0 saturated carbocycles. The standard InChI is InChI=1S/C18H21N3O/c1-4-5-11-15-19-17-12(2)16(14-9-7-6-8-10-14)13(3)21(22)18(17)20-15/h6-10,22H,4-5,11H2,1-3H3. The average molecular weight is 295 g/mol. The highest BCUT2D eigenvalue weighted by molar-refractivity contribution is 5.77. The molecule has 0 amide bonds. The first-order valence-corrected chi connectivity index (χ1v) is 7.76. The normalized spacial score (nSPS) is 11.2. The second-order valence-electron chi connectivity index (χ2n) is 5.68. The van der Waals surface area contributed by atoms with E-state index in [-0.39, 0.29) is 0 Å². The third kappa shape index (κ3) is 2.34. The number of imidazole rings is 1. The molecule has 1 aromatic carbocycles. The summed E-state index contributed by atoms with van der Waals surface area (Å²) in [7, 11) is 0. The van der Waals surface area contributed by atoms with E-state index in [1.165, 1.54) is 4.73 Å². The van der Waals surface area contributed by atoms with Crippen molar-refractivity contribution in [1.82, 2.24) is 14.7 Å². The van der Waals surface area contributed by atoms with Gasteiger partial charge in [0.25, 0.3) is 0 Å². The lowest BCUT2D eigenvalue weighted by Crippen LogP contribution is -2.08. The Morgan fingerprint density at radius 3 is 2.50 bits per heavy atom. The number of rotatable bonds is 4. The van der Waals surface area contributed by atoms with E-state index in [0.29, 0.717) is 5.82 Å². The summed E-state index contributed by atoms with van der Waals surface area (Å²) in [5, 5.41) is 10.5. The van der Waals surface area contributed by atoms with Gasteiger partial charge in [-0.3, -0.25) is 0 Å². The maximum absolute atomic E-state index is 10.5. The molecule has 0 atom stereocenters. The molecule has 22 heavy (non-hydrogen) atoms. The van der Waals surface area contributed by atoms with E-state index in [9.17, 15) is 5.21 Å². The number of hydrogen-bond donors (Lipinski definition) is 1. The van der Waals surface area contributed by atoms with Crippen LogP contribution in [0.1, 0.15) is 36.8 Å². The van der Waals surface area contributed by atoms with Crippen LogP contribution < -0.4 is 0 Å². The zero-order chi connectivity index (χ0) is 15.7. The summed E-state index contributed by atoms with van der Waals surface area (Å²) >= 11 is 0. The lowest BCUT2D eigenvalue weighted by atomic mass is 9.97. The van der Waals surface area contributed by atoms with Gasteiger partial charge in [-0.05, 0) is 31.4 Å². The summed E-state index contributed by atoms with van der Waals surface area (Å²) in [6.07, 6.45) is 3.02. The van der Waals surface area contributed by atoms with Gasteiger partial charge in [-0.15, -0.1) is 0 Å². The highest BCUT2D eigenvalue weighted by Gasteiger charge is 2.23. The van der Waals surface area contributed by atoms with Gasteiger partial charge in [0.05, 0.1) is 5.69 Å². The van der Waals surface area contributed by atoms with Crippen LogP contribution in [-0.4, -0.2) is 19.9 Å². The molecule has 1 N–H and O–H groups in total. The first-order valence-electron chi connectivity index (χ1n) is 7.76. The number of fused-ring (bicyclic) bond motifs is 1. The fourth-order valence-electron chi connectivity index (χ4n) is 2.91. The van der Waals surface area contributed by atoms with Crippen molar-refractivity contribution in [2.24, 2.45) is 0 Å². The first kappa shape index (κ1) is 14.6. The van der Waals surface area contributed by atoms with E-state index < -0.39 is 0 Å². The van der Waals surface area contributed by atoms with E-state index in [0.717, 1.165) is 53.2 Å². The van der Waals surface area contributed by atoms with E-state index in [1.54, 1.807) is 0 Å². The molecule has 0 bridgehead atoms. The van der Waals surface area contributed by atoms with Crippen molar-refractivity contribution in [3.05, 3.63) is 47.4 Å². The van der Waals surface area contributed by atoms with E-state index in [4.69, 9.17) is 0 Å². The molecule has 0 spiro atoms. The number of unbranched alkanes of at least 4 members (excludes halogenated alkanes) is 1. The number of nitrogens with zero attached hydrogens (tertiary/aromatic N) is 3. The van der Waals surface area contributed by atoms with Crippen molar-refractivity contribution in [3.8, 4) is 22.6 Å². The van der Waals surface area contributed by atoms with Crippen molar-refractivity contribution in [2.75, 3.05) is 0 Å². The molecule has 2 aliphatic rings. The number of hydrogen-bond acceptors (Lipinski definition) is 3. The fourth-order valence-corrected chi connectivity index (χ4v) is 2.91. The second-order valence-corrected chi connectivity index (χ2v) is 5.68. The molecule has 0 saturated heterocycles. The predicted octanol–water partition coefficient (Wildman–Crippen LogP) is 4.25. The molecule has 114 valence electrons. The minimum atomic E-state index is 0.556. The molecule has 1 aromatic rings. The monoisotopic (exact) mass is 295 g/mol. The molecular formula is C18H21N3O. The molecule has 3 rings (SSSR count). The molecule has 4 nitrogen and oxygen atoms in total. The van der Waals surface area contributed by atoms with E-state index in [2.05, 4.69) is 35.9 Å². The van der Waals surface area contributed by atoms with Crippen molar-refractivity contribution < 1.29 is 5.21 Å². The summed E-state index contributed by atoms with van der Waals surface area (Å²) in [5.74, 6) is 1.37. The van der Waals surface area contributed by atoms with Crippen LogP contribution >= 0.6 is 0 Å². The molecule has 0 radical (unpaired) electrons. The summed E-state index contributed by atoms with van der Waals surface area (Å²) in [4.78, 5) is 9.15. The molecule has 0 unspecified atom stereocenters. The van der Waals surface area contributed by atoms with E-state index >= 15 is 0 Å². The van der Waals surface area contributed by atoms with Crippen LogP contribution in [0.5, 0.6) is 0 Å². The van der Waals surface area contributed by atoms with Crippen LogP contribution in [-0.2, 0) is 6.42 Å². The lowest BCUT2D eigenvalue weighted by Gasteiger charge is -2.16. The Hall–Kier alpha value is -2.36. The predicted molar refractivity (Wildman–Crippen MR) is 87.4 cm³/mol. The highest BCUT2D eigenvalue weighted by Crippen LogP contribution is 2.35. The quantitative estimate of drug-likeness (QED) is 0.732. The maximum Gasteiger partial charge on any atom is 0.196 e. The molecule has 0 fully saturated rings. The SMILES string of the molecule is CCCCc1nc2c(C)c(-c3ccccc3)c(C)n(O)c-2n1. The molecule has 0 aromatic heterocycles. The number of pyridine rings is 1. The van der Waals surface area contributed by atoms with Crippen molar-refractivity contribution in [2.45, 2.75) is 40.0 Å². The van der Waals surface area contributed by atoms with Gasteiger partial charge < -0.3 is 5.21 Å². The number of aryl methyl sites for hydroxylation is 1. The number of benzene rings is 1. The Morgan fingerprint density at radius 1 is 1.09 bits per heavy atom. The summed E-state index contributed by atoms with van der Waals surface area (Å²) in [6.45, 7) is 6.11. The summed E-state index contributed by atoms with van der Waals surface area (Å²) < 4.78 is 1.17. The molecular weight excluding hydrogens is 274 g/mol. The fraction of sp³-hybridized carbons (Fsp3) is 0.333. The Labute approximate surface area is 130 Å². The van der Waals surface area contributed by atoms with Crippen LogP contribution in [0.3, 0.4) is 0 Å². The Bertz CT molecular complexity index is 762. The summed E-state index contributed by atoms with van der Waals surface area (Å²) in [5.41, 5.74) is 4.76. The van der Waals surface area contributed by atoms with Crippen LogP contribution in [0, 0.1) is 13.8 Å². The zero-order valence-corrected chi connectivity index (χ0v) is 13.3. The Kier molecular flexibility index (Phi) is 3.84. The van der Waals surface area contributed by atoms with Gasteiger partial charge >= 0.3 is 0 Å².